The van der Waals surface area contributed by atoms with Crippen LogP contribution in [0, 0.1) is 25.7 Å². The first-order chi connectivity index (χ1) is 12.5. The fourth-order valence-corrected chi connectivity index (χ4v) is 1.14. The van der Waals surface area contributed by atoms with Gasteiger partial charge in [0.1, 0.15) is 0 Å². The Balaban J connectivity index is -0.0000000873. The molecule has 0 aliphatic carbocycles. The first kappa shape index (κ1) is 37.3. The molecule has 0 saturated heterocycles. The molecule has 0 radical (unpaired) electrons. The molecule has 0 aromatic carbocycles. The second-order valence-corrected chi connectivity index (χ2v) is 5.46. The monoisotopic (exact) mass is 444 g/mol. The summed E-state index contributed by atoms with van der Waals surface area (Å²) in [7, 11) is 0. The van der Waals surface area contributed by atoms with Crippen LogP contribution in [0.15, 0.2) is 0 Å². The SMILES string of the molecule is CC(=O)[CH-]C(C)=O.CC(=O)[CH-]C(C)=O.CC(=O)[CH-]C(C)=O.CC(=O)[CH-]C(C)=O.[Ti+4]. The van der Waals surface area contributed by atoms with E-state index in [4.69, 9.17) is 0 Å². The average molecular weight is 444 g/mol. The van der Waals surface area contributed by atoms with Gasteiger partial charge in [-0.15, -0.1) is 0 Å². The van der Waals surface area contributed by atoms with E-state index in [-0.39, 0.29) is 68.0 Å². The molecule has 0 aromatic rings. The Kier molecular flexibility index (Phi) is 30.4. The molecule has 0 heterocycles. The number of carbonyl (C=O) groups is 8. The van der Waals surface area contributed by atoms with Crippen molar-refractivity contribution in [1.29, 1.82) is 0 Å². The van der Waals surface area contributed by atoms with E-state index in [1.54, 1.807) is 0 Å². The van der Waals surface area contributed by atoms with Crippen molar-refractivity contribution in [2.75, 3.05) is 0 Å². The zero-order valence-corrected chi connectivity index (χ0v) is 19.6. The van der Waals surface area contributed by atoms with Crippen LogP contribution in [0.25, 0.3) is 0 Å². The molecule has 160 valence electrons. The second-order valence-electron chi connectivity index (χ2n) is 5.46. The van der Waals surface area contributed by atoms with Crippen LogP contribution in [0.3, 0.4) is 0 Å². The molecule has 9 heteroatoms. The Morgan fingerprint density at radius 3 is 0.379 bits per heavy atom. The number of Topliss-reactive ketones (excluding diaryl/α,β-unsaturated/α-hetero) is 8. The largest absolute Gasteiger partial charge is 4.00 e. The molecule has 0 amide bonds. The second kappa shape index (κ2) is 23.6. The molecule has 0 aliphatic heterocycles. The molecule has 0 N–H and O–H groups in total. The van der Waals surface area contributed by atoms with Gasteiger partial charge in [0.05, 0.1) is 0 Å². The minimum Gasteiger partial charge on any atom is -0.334 e. The van der Waals surface area contributed by atoms with Crippen LogP contribution < -0.4 is 0 Å². The Labute approximate surface area is 187 Å². The Bertz CT molecular complexity index is 439. The van der Waals surface area contributed by atoms with E-state index < -0.39 is 0 Å². The minimum atomic E-state index is -0.187. The molecule has 0 aliphatic rings. The van der Waals surface area contributed by atoms with Gasteiger partial charge in [-0.2, -0.15) is 0 Å². The van der Waals surface area contributed by atoms with Crippen molar-refractivity contribution < 1.29 is 60.1 Å². The number of ketones is 8. The molecule has 0 saturated carbocycles. The zero-order valence-electron chi connectivity index (χ0n) is 18.1. The molecule has 0 atom stereocenters. The zero-order chi connectivity index (χ0) is 23.4. The Morgan fingerprint density at radius 1 is 0.310 bits per heavy atom. The summed E-state index contributed by atoms with van der Waals surface area (Å²) >= 11 is 0. The summed E-state index contributed by atoms with van der Waals surface area (Å²) in [6.45, 7) is 10.8. The van der Waals surface area contributed by atoms with Crippen LogP contribution in [0.1, 0.15) is 55.4 Å². The maximum Gasteiger partial charge on any atom is 4.00 e. The smallest absolute Gasteiger partial charge is 0.334 e. The van der Waals surface area contributed by atoms with Gasteiger partial charge in [0.2, 0.25) is 0 Å². The van der Waals surface area contributed by atoms with Gasteiger partial charge >= 0.3 is 21.7 Å². The van der Waals surface area contributed by atoms with Crippen LogP contribution >= 0.6 is 0 Å². The van der Waals surface area contributed by atoms with E-state index in [1.165, 1.54) is 55.4 Å². The first-order valence-electron chi connectivity index (χ1n) is 7.94. The number of rotatable bonds is 8. The summed E-state index contributed by atoms with van der Waals surface area (Å²) in [6.07, 6.45) is 4.22. The van der Waals surface area contributed by atoms with Crippen molar-refractivity contribution in [2.24, 2.45) is 0 Å². The molecule has 0 unspecified atom stereocenters. The summed E-state index contributed by atoms with van der Waals surface area (Å²) < 4.78 is 0. The van der Waals surface area contributed by atoms with Crippen molar-refractivity contribution in [1.82, 2.24) is 0 Å². The van der Waals surface area contributed by atoms with E-state index in [9.17, 15) is 38.4 Å². The van der Waals surface area contributed by atoms with Crippen LogP contribution in [-0.4, -0.2) is 46.3 Å². The molecular weight excluding hydrogens is 416 g/mol. The van der Waals surface area contributed by atoms with Gasteiger partial charge in [0.15, 0.2) is 0 Å². The van der Waals surface area contributed by atoms with E-state index >= 15 is 0 Å². The predicted molar refractivity (Wildman–Crippen MR) is 103 cm³/mol. The fourth-order valence-electron chi connectivity index (χ4n) is 1.14. The number of hydrogen-bond donors (Lipinski definition) is 0. The van der Waals surface area contributed by atoms with E-state index in [2.05, 4.69) is 0 Å². The molecule has 0 aromatic heterocycles. The van der Waals surface area contributed by atoms with Crippen LogP contribution in [-0.2, 0) is 60.1 Å². The van der Waals surface area contributed by atoms with Gasteiger partial charge in [-0.05, 0) is 55.4 Å². The molecule has 0 rings (SSSR count). The van der Waals surface area contributed by atoms with Crippen molar-refractivity contribution in [2.45, 2.75) is 55.4 Å². The van der Waals surface area contributed by atoms with Gasteiger partial charge in [0.25, 0.3) is 0 Å². The summed E-state index contributed by atoms with van der Waals surface area (Å²) in [5, 5.41) is 0. The third-order valence-corrected chi connectivity index (χ3v) is 1.63. The number of carbonyl (C=O) groups excluding carboxylic acids is 8. The van der Waals surface area contributed by atoms with E-state index in [0.717, 1.165) is 25.7 Å². The third-order valence-electron chi connectivity index (χ3n) is 1.63. The molecule has 0 spiro atoms. The van der Waals surface area contributed by atoms with Crippen molar-refractivity contribution >= 4 is 46.3 Å². The standard InChI is InChI=1S/4C5H7O2.Ti/c4*1-4(6)3-5(2)7;/h4*3H,1-2H3;/q4*-1;+4. The van der Waals surface area contributed by atoms with Crippen molar-refractivity contribution in [3.8, 4) is 0 Å². The van der Waals surface area contributed by atoms with E-state index in [0.29, 0.717) is 0 Å². The third kappa shape index (κ3) is 77.2. The van der Waals surface area contributed by atoms with Gasteiger partial charge in [-0.1, -0.05) is 0 Å². The van der Waals surface area contributed by atoms with Crippen molar-refractivity contribution in [3.05, 3.63) is 25.7 Å². The predicted octanol–water partition coefficient (Wildman–Crippen LogP) is 1.47. The summed E-state index contributed by atoms with van der Waals surface area (Å²) in [6, 6.07) is 0. The van der Waals surface area contributed by atoms with Crippen LogP contribution in [0.5, 0.6) is 0 Å². The van der Waals surface area contributed by atoms with Crippen LogP contribution in [0.2, 0.25) is 0 Å². The van der Waals surface area contributed by atoms with Gasteiger partial charge in [-0.3, -0.25) is 25.7 Å². The van der Waals surface area contributed by atoms with Gasteiger partial charge < -0.3 is 38.4 Å². The quantitative estimate of drug-likeness (QED) is 0.312. The summed E-state index contributed by atoms with van der Waals surface area (Å²) in [5.74, 6) is -1.50. The van der Waals surface area contributed by atoms with E-state index in [1.807, 2.05) is 0 Å². The Hall–Kier alpha value is -2.45. The van der Waals surface area contributed by atoms with Crippen LogP contribution in [0.4, 0.5) is 0 Å². The maximum atomic E-state index is 9.98. The van der Waals surface area contributed by atoms with Gasteiger partial charge in [-0.25, -0.2) is 0 Å². The molecule has 0 fully saturated rings. The molecule has 0 bridgehead atoms. The summed E-state index contributed by atoms with van der Waals surface area (Å²) in [5.41, 5.74) is 0. The normalized spacial score (nSPS) is 7.45. The Morgan fingerprint density at radius 2 is 0.379 bits per heavy atom. The number of hydrogen-bond acceptors (Lipinski definition) is 8. The molecular formula is C20H28O8Ti. The topological polar surface area (TPSA) is 137 Å². The van der Waals surface area contributed by atoms with Gasteiger partial charge in [0, 0.05) is 46.3 Å². The molecule has 8 nitrogen and oxygen atoms in total. The fraction of sp³-hybridized carbons (Fsp3) is 0.400. The average Bonchev–Trinajstić information content (AvgIpc) is 2.32. The summed E-state index contributed by atoms with van der Waals surface area (Å²) in [4.78, 5) is 79.8. The first-order valence-corrected chi connectivity index (χ1v) is 7.94. The molecule has 29 heavy (non-hydrogen) atoms. The minimum absolute atomic E-state index is 0. The maximum absolute atomic E-state index is 9.98. The van der Waals surface area contributed by atoms with Crippen molar-refractivity contribution in [3.63, 3.8) is 0 Å².